The largest absolute Gasteiger partial charge is 0.395 e. The number of nitrogens with one attached hydrogen (secondary N) is 1. The van der Waals surface area contributed by atoms with E-state index in [4.69, 9.17) is 5.11 Å². The first-order valence-electron chi connectivity index (χ1n) is 11.8. The summed E-state index contributed by atoms with van der Waals surface area (Å²) < 4.78 is 28.9. The van der Waals surface area contributed by atoms with Crippen LogP contribution in [-0.2, 0) is 5.41 Å². The summed E-state index contributed by atoms with van der Waals surface area (Å²) in [5, 5.41) is 20.8. The minimum absolute atomic E-state index is 0.0877. The number of benzene rings is 1. The summed E-state index contributed by atoms with van der Waals surface area (Å²) in [4.78, 5) is 14.4. The van der Waals surface area contributed by atoms with Crippen molar-refractivity contribution in [3.8, 4) is 11.3 Å². The second-order valence-electron chi connectivity index (χ2n) is 10.2. The maximum atomic E-state index is 14.4. The van der Waals surface area contributed by atoms with E-state index in [0.29, 0.717) is 13.1 Å². The fourth-order valence-electron chi connectivity index (χ4n) is 6.98. The summed E-state index contributed by atoms with van der Waals surface area (Å²) >= 11 is 0. The van der Waals surface area contributed by atoms with Crippen molar-refractivity contribution in [1.82, 2.24) is 20.4 Å². The van der Waals surface area contributed by atoms with E-state index in [-0.39, 0.29) is 53.1 Å². The first-order valence-corrected chi connectivity index (χ1v) is 11.8. The SMILES string of the molecule is CC1(C)[C@H]2CC[C@]1([C@H]1CCCN(C(=O)NCCO)C1)c1nnc(-c3c(F)cccc3F)cc12. The zero-order chi connectivity index (χ0) is 23.4. The normalized spacial score (nSPS) is 27.5. The maximum Gasteiger partial charge on any atom is 0.317 e. The number of nitrogens with zero attached hydrogens (tertiary/aromatic N) is 3. The molecule has 1 saturated heterocycles. The molecule has 33 heavy (non-hydrogen) atoms. The number of rotatable bonds is 4. The van der Waals surface area contributed by atoms with Gasteiger partial charge in [-0.1, -0.05) is 19.9 Å². The Morgan fingerprint density at radius 3 is 2.73 bits per heavy atom. The van der Waals surface area contributed by atoms with Crippen LogP contribution in [-0.4, -0.2) is 52.5 Å². The molecule has 2 N–H and O–H groups in total. The van der Waals surface area contributed by atoms with Gasteiger partial charge in [-0.2, -0.15) is 10.2 Å². The zero-order valence-electron chi connectivity index (χ0n) is 19.1. The molecule has 3 atom stereocenters. The van der Waals surface area contributed by atoms with Crippen LogP contribution in [0.5, 0.6) is 0 Å². The summed E-state index contributed by atoms with van der Waals surface area (Å²) in [5.41, 5.74) is 1.74. The van der Waals surface area contributed by atoms with E-state index in [0.717, 1.165) is 36.9 Å². The van der Waals surface area contributed by atoms with E-state index >= 15 is 0 Å². The lowest BCUT2D eigenvalue weighted by molar-refractivity contribution is 0.0675. The molecular weight excluding hydrogens is 426 g/mol. The number of hydrogen-bond acceptors (Lipinski definition) is 4. The number of hydrogen-bond donors (Lipinski definition) is 2. The van der Waals surface area contributed by atoms with E-state index in [1.54, 1.807) is 0 Å². The molecule has 2 aromatic rings. The van der Waals surface area contributed by atoms with Crippen LogP contribution in [0.4, 0.5) is 13.6 Å². The number of aliphatic hydroxyl groups is 1. The Hall–Kier alpha value is -2.61. The third kappa shape index (κ3) is 3.17. The molecule has 1 saturated carbocycles. The number of urea groups is 1. The fourth-order valence-corrected chi connectivity index (χ4v) is 6.98. The van der Waals surface area contributed by atoms with E-state index in [2.05, 4.69) is 29.4 Å². The van der Waals surface area contributed by atoms with Gasteiger partial charge in [0, 0.05) is 25.0 Å². The second kappa shape index (κ2) is 8.01. The van der Waals surface area contributed by atoms with Crippen molar-refractivity contribution >= 4 is 6.03 Å². The van der Waals surface area contributed by atoms with Gasteiger partial charge in [0.2, 0.25) is 0 Å². The quantitative estimate of drug-likeness (QED) is 0.729. The highest BCUT2D eigenvalue weighted by Crippen LogP contribution is 2.70. The standard InChI is InChI=1S/C25H30F2N4O2/c1-24(2)17-8-9-25(24,15-5-4-11-31(14-15)23(33)28-10-12-32)22-16(17)13-20(29-30-22)21-18(26)6-3-7-19(21)27/h3,6-7,13,15,17,32H,4-5,8-12,14H2,1-2H3,(H,28,33)/t15-,17-,25-/m0/s1. The number of carbonyl (C=O) groups excluding carboxylic acids is 1. The molecule has 6 nitrogen and oxygen atoms in total. The number of amides is 2. The molecule has 2 bridgehead atoms. The zero-order valence-corrected chi connectivity index (χ0v) is 19.1. The van der Waals surface area contributed by atoms with Crippen molar-refractivity contribution in [2.24, 2.45) is 11.3 Å². The van der Waals surface area contributed by atoms with Crippen LogP contribution in [0.1, 0.15) is 56.7 Å². The van der Waals surface area contributed by atoms with Gasteiger partial charge < -0.3 is 15.3 Å². The first kappa shape index (κ1) is 22.2. The smallest absolute Gasteiger partial charge is 0.317 e. The summed E-state index contributed by atoms with van der Waals surface area (Å²) in [6, 6.07) is 5.52. The van der Waals surface area contributed by atoms with Gasteiger partial charge in [0.15, 0.2) is 0 Å². The Labute approximate surface area is 192 Å². The molecule has 176 valence electrons. The predicted octanol–water partition coefficient (Wildman–Crippen LogP) is 3.99. The third-order valence-electron chi connectivity index (χ3n) is 8.48. The lowest BCUT2D eigenvalue weighted by atomic mass is 9.59. The molecule has 5 rings (SSSR count). The van der Waals surface area contributed by atoms with Gasteiger partial charge in [0.05, 0.1) is 23.6 Å². The monoisotopic (exact) mass is 456 g/mol. The third-order valence-corrected chi connectivity index (χ3v) is 8.48. The summed E-state index contributed by atoms with van der Waals surface area (Å²) in [6.45, 7) is 5.99. The van der Waals surface area contributed by atoms with Gasteiger partial charge >= 0.3 is 6.03 Å². The number of likely N-dealkylation sites (tertiary alicyclic amines) is 1. The molecule has 0 radical (unpaired) electrons. The van der Waals surface area contributed by atoms with Crippen molar-refractivity contribution in [2.45, 2.75) is 50.9 Å². The van der Waals surface area contributed by atoms with Gasteiger partial charge in [0.1, 0.15) is 11.6 Å². The van der Waals surface area contributed by atoms with E-state index < -0.39 is 11.6 Å². The van der Waals surface area contributed by atoms with Crippen molar-refractivity contribution < 1.29 is 18.7 Å². The van der Waals surface area contributed by atoms with Gasteiger partial charge in [-0.05, 0) is 66.7 Å². The topological polar surface area (TPSA) is 78.4 Å². The van der Waals surface area contributed by atoms with Gasteiger partial charge in [-0.15, -0.1) is 0 Å². The Bertz CT molecular complexity index is 1070. The number of piperidine rings is 1. The predicted molar refractivity (Wildman–Crippen MR) is 120 cm³/mol. The summed E-state index contributed by atoms with van der Waals surface area (Å²) in [7, 11) is 0. The molecule has 1 aromatic heterocycles. The minimum Gasteiger partial charge on any atom is -0.395 e. The highest BCUT2D eigenvalue weighted by atomic mass is 19.1. The van der Waals surface area contributed by atoms with Gasteiger partial charge in [-0.3, -0.25) is 0 Å². The number of aliphatic hydroxyl groups excluding tert-OH is 1. The molecule has 2 fully saturated rings. The van der Waals surface area contributed by atoms with Crippen LogP contribution in [0.2, 0.25) is 0 Å². The molecule has 2 heterocycles. The molecule has 1 aliphatic heterocycles. The molecular formula is C25H30F2N4O2. The van der Waals surface area contributed by atoms with Crippen molar-refractivity contribution in [1.29, 1.82) is 0 Å². The molecule has 2 amide bonds. The average molecular weight is 457 g/mol. The summed E-state index contributed by atoms with van der Waals surface area (Å²) in [5.74, 6) is -0.829. The van der Waals surface area contributed by atoms with Crippen LogP contribution in [0.15, 0.2) is 24.3 Å². The second-order valence-corrected chi connectivity index (χ2v) is 10.2. The van der Waals surface area contributed by atoms with Crippen LogP contribution in [0.3, 0.4) is 0 Å². The Morgan fingerprint density at radius 2 is 2.00 bits per heavy atom. The molecule has 2 aliphatic carbocycles. The first-order chi connectivity index (χ1) is 15.8. The molecule has 0 unspecified atom stereocenters. The Kier molecular flexibility index (Phi) is 5.39. The molecule has 8 heteroatoms. The van der Waals surface area contributed by atoms with E-state index in [9.17, 15) is 13.6 Å². The minimum atomic E-state index is -0.641. The lowest BCUT2D eigenvalue weighted by Crippen LogP contribution is -2.53. The van der Waals surface area contributed by atoms with Gasteiger partial charge in [0.25, 0.3) is 0 Å². The number of halogens is 2. The average Bonchev–Trinajstić information content (AvgIpc) is 3.18. The fraction of sp³-hybridized carbons (Fsp3) is 0.560. The molecule has 0 spiro atoms. The number of fused-ring (bicyclic) bond motifs is 5. The Balaban J connectivity index is 1.53. The van der Waals surface area contributed by atoms with E-state index in [1.165, 1.54) is 18.2 Å². The number of aromatic nitrogens is 2. The van der Waals surface area contributed by atoms with Crippen LogP contribution in [0, 0.1) is 23.0 Å². The van der Waals surface area contributed by atoms with Crippen molar-refractivity contribution in [3.05, 3.63) is 47.2 Å². The summed E-state index contributed by atoms with van der Waals surface area (Å²) in [6.07, 6.45) is 3.85. The van der Waals surface area contributed by atoms with Crippen molar-refractivity contribution in [3.63, 3.8) is 0 Å². The Morgan fingerprint density at radius 1 is 1.24 bits per heavy atom. The van der Waals surface area contributed by atoms with E-state index in [1.807, 2.05) is 11.0 Å². The molecule has 3 aliphatic rings. The van der Waals surface area contributed by atoms with Crippen LogP contribution < -0.4 is 5.32 Å². The van der Waals surface area contributed by atoms with Crippen LogP contribution >= 0.6 is 0 Å². The highest BCUT2D eigenvalue weighted by Gasteiger charge is 2.66. The maximum absolute atomic E-state index is 14.4. The van der Waals surface area contributed by atoms with Crippen LogP contribution in [0.25, 0.3) is 11.3 Å². The molecule has 1 aromatic carbocycles. The van der Waals surface area contributed by atoms with Crippen molar-refractivity contribution in [2.75, 3.05) is 26.2 Å². The lowest BCUT2D eigenvalue weighted by Gasteiger charge is -2.48. The highest BCUT2D eigenvalue weighted by molar-refractivity contribution is 5.74. The van der Waals surface area contributed by atoms with Gasteiger partial charge in [-0.25, -0.2) is 13.6 Å². The number of carbonyl (C=O) groups is 1.